The Morgan fingerprint density at radius 1 is 0.912 bits per heavy atom. The van der Waals surface area contributed by atoms with Crippen LogP contribution in [-0.2, 0) is 9.59 Å². The summed E-state index contributed by atoms with van der Waals surface area (Å²) in [5.41, 5.74) is 3.71. The van der Waals surface area contributed by atoms with Crippen molar-refractivity contribution in [1.82, 2.24) is 0 Å². The maximum Gasteiger partial charge on any atom is 0.283 e. The highest BCUT2D eigenvalue weighted by Gasteiger charge is 2.39. The van der Waals surface area contributed by atoms with Crippen molar-refractivity contribution in [2.45, 2.75) is 13.8 Å². The molecule has 0 aromatic heterocycles. The summed E-state index contributed by atoms with van der Waals surface area (Å²) in [4.78, 5) is 39.6. The van der Waals surface area contributed by atoms with Crippen LogP contribution in [0.1, 0.15) is 21.5 Å². The van der Waals surface area contributed by atoms with Gasteiger partial charge in [0, 0.05) is 16.9 Å². The van der Waals surface area contributed by atoms with Crippen molar-refractivity contribution in [1.29, 1.82) is 0 Å². The lowest BCUT2D eigenvalue weighted by Crippen LogP contribution is -2.32. The minimum absolute atomic E-state index is 0.0540. The van der Waals surface area contributed by atoms with E-state index in [9.17, 15) is 14.4 Å². The van der Waals surface area contributed by atoms with E-state index in [1.807, 2.05) is 38.1 Å². The van der Waals surface area contributed by atoms with E-state index in [-0.39, 0.29) is 16.6 Å². The first kappa shape index (κ1) is 23.1. The van der Waals surface area contributed by atoms with Gasteiger partial charge in [0.05, 0.1) is 12.8 Å². The lowest BCUT2D eigenvalue weighted by molar-refractivity contribution is -0.120. The number of anilines is 3. The molecule has 0 aliphatic carbocycles. The molecule has 3 amide bonds. The number of carbonyl (C=O) groups is 3. The number of rotatable bonds is 6. The summed E-state index contributed by atoms with van der Waals surface area (Å²) in [6, 6.07) is 19.0. The zero-order valence-electron chi connectivity index (χ0n) is 18.8. The lowest BCUT2D eigenvalue weighted by Gasteiger charge is -2.16. The van der Waals surface area contributed by atoms with Crippen molar-refractivity contribution in [2.24, 2.45) is 0 Å². The van der Waals surface area contributed by atoms with E-state index in [0.717, 1.165) is 16.0 Å². The highest BCUT2D eigenvalue weighted by molar-refractivity contribution is 6.53. The highest BCUT2D eigenvalue weighted by Crippen LogP contribution is 2.32. The van der Waals surface area contributed by atoms with Crippen molar-refractivity contribution in [3.63, 3.8) is 0 Å². The Balaban J connectivity index is 1.56. The van der Waals surface area contributed by atoms with Crippen molar-refractivity contribution < 1.29 is 19.1 Å². The molecule has 0 fully saturated rings. The molecule has 0 unspecified atom stereocenters. The second-order valence-electron chi connectivity index (χ2n) is 7.81. The molecular weight excluding hydrogens is 454 g/mol. The normalized spacial score (nSPS) is 13.4. The molecule has 0 saturated carbocycles. The number of halogens is 1. The van der Waals surface area contributed by atoms with Crippen LogP contribution in [0.25, 0.3) is 0 Å². The van der Waals surface area contributed by atoms with Gasteiger partial charge in [-0.2, -0.15) is 0 Å². The maximum atomic E-state index is 13.1. The van der Waals surface area contributed by atoms with Gasteiger partial charge in [-0.15, -0.1) is 0 Å². The second-order valence-corrected chi connectivity index (χ2v) is 8.19. The van der Waals surface area contributed by atoms with E-state index in [4.69, 9.17) is 16.3 Å². The predicted molar refractivity (Wildman–Crippen MR) is 132 cm³/mol. The molecule has 172 valence electrons. The molecule has 0 saturated heterocycles. The summed E-state index contributed by atoms with van der Waals surface area (Å²) in [7, 11) is 1.53. The van der Waals surface area contributed by atoms with Gasteiger partial charge >= 0.3 is 0 Å². The van der Waals surface area contributed by atoms with Crippen LogP contribution in [0.2, 0.25) is 0 Å². The third-order valence-corrected chi connectivity index (χ3v) is 5.78. The third-order valence-electron chi connectivity index (χ3n) is 5.43. The minimum atomic E-state index is -0.634. The first-order chi connectivity index (χ1) is 16.3. The number of hydrogen-bond acceptors (Lipinski definition) is 5. The number of benzene rings is 3. The second kappa shape index (κ2) is 9.41. The van der Waals surface area contributed by atoms with Crippen molar-refractivity contribution >= 4 is 46.4 Å². The zero-order chi connectivity index (χ0) is 24.4. The van der Waals surface area contributed by atoms with Gasteiger partial charge in [0.15, 0.2) is 0 Å². The quantitative estimate of drug-likeness (QED) is 0.490. The van der Waals surface area contributed by atoms with Crippen LogP contribution in [-0.4, -0.2) is 24.8 Å². The van der Waals surface area contributed by atoms with Gasteiger partial charge in [0.2, 0.25) is 0 Å². The Morgan fingerprint density at radius 2 is 1.59 bits per heavy atom. The largest absolute Gasteiger partial charge is 0.497 e. The number of nitrogens with one attached hydrogen (secondary N) is 2. The topological polar surface area (TPSA) is 87.7 Å². The molecule has 1 aliphatic rings. The van der Waals surface area contributed by atoms with Gasteiger partial charge in [0.25, 0.3) is 17.7 Å². The SMILES string of the molecule is COc1ccc(N2C(=O)C(Cl)=C(Nc3cc(C(=O)Nc4ccc(C)cc4)ccc3C)C2=O)cc1. The van der Waals surface area contributed by atoms with Crippen molar-refractivity contribution in [3.8, 4) is 5.75 Å². The van der Waals surface area contributed by atoms with Crippen LogP contribution in [0.3, 0.4) is 0 Å². The molecule has 1 aliphatic heterocycles. The monoisotopic (exact) mass is 475 g/mol. The number of nitrogens with zero attached hydrogens (tertiary/aromatic N) is 1. The van der Waals surface area contributed by atoms with E-state index in [0.29, 0.717) is 28.4 Å². The molecule has 0 spiro atoms. The maximum absolute atomic E-state index is 13.1. The van der Waals surface area contributed by atoms with E-state index in [1.54, 1.807) is 42.5 Å². The van der Waals surface area contributed by atoms with E-state index < -0.39 is 11.8 Å². The number of aryl methyl sites for hydroxylation is 2. The summed E-state index contributed by atoms with van der Waals surface area (Å²) in [6.07, 6.45) is 0. The molecule has 0 radical (unpaired) electrons. The third kappa shape index (κ3) is 4.51. The summed E-state index contributed by atoms with van der Waals surface area (Å²) in [6.45, 7) is 3.79. The Hall–Kier alpha value is -4.10. The van der Waals surface area contributed by atoms with E-state index in [1.165, 1.54) is 7.11 Å². The first-order valence-electron chi connectivity index (χ1n) is 10.5. The fourth-order valence-corrected chi connectivity index (χ4v) is 3.66. The first-order valence-corrected chi connectivity index (χ1v) is 10.8. The Kier molecular flexibility index (Phi) is 6.38. The molecule has 2 N–H and O–H groups in total. The van der Waals surface area contributed by atoms with Crippen LogP contribution in [0.5, 0.6) is 5.75 Å². The van der Waals surface area contributed by atoms with E-state index >= 15 is 0 Å². The highest BCUT2D eigenvalue weighted by atomic mass is 35.5. The standard InChI is InChI=1S/C26H22ClN3O4/c1-15-4-8-18(9-5-15)28-24(31)17-7-6-16(2)21(14-17)29-23-22(27)25(32)30(26(23)33)19-10-12-20(34-3)13-11-19/h4-14,29H,1-3H3,(H,28,31). The van der Waals surface area contributed by atoms with Crippen LogP contribution >= 0.6 is 11.6 Å². The van der Waals surface area contributed by atoms with Crippen LogP contribution in [0.15, 0.2) is 77.5 Å². The van der Waals surface area contributed by atoms with Crippen molar-refractivity contribution in [3.05, 3.63) is 94.1 Å². The molecule has 3 aromatic carbocycles. The van der Waals surface area contributed by atoms with Crippen LogP contribution < -0.4 is 20.3 Å². The van der Waals surface area contributed by atoms with Gasteiger partial charge < -0.3 is 15.4 Å². The number of imide groups is 1. The predicted octanol–water partition coefficient (Wildman–Crippen LogP) is 5.00. The van der Waals surface area contributed by atoms with Gasteiger partial charge in [-0.1, -0.05) is 35.4 Å². The summed E-state index contributed by atoms with van der Waals surface area (Å²) in [5.74, 6) is -0.934. The van der Waals surface area contributed by atoms with Crippen LogP contribution in [0, 0.1) is 13.8 Å². The summed E-state index contributed by atoms with van der Waals surface area (Å²) >= 11 is 6.25. The number of amides is 3. The Bertz CT molecular complexity index is 1310. The number of hydrogen-bond donors (Lipinski definition) is 2. The van der Waals surface area contributed by atoms with E-state index in [2.05, 4.69) is 10.6 Å². The zero-order valence-corrected chi connectivity index (χ0v) is 19.6. The van der Waals surface area contributed by atoms with Gasteiger partial charge in [0.1, 0.15) is 16.5 Å². The van der Waals surface area contributed by atoms with Gasteiger partial charge in [-0.3, -0.25) is 14.4 Å². The molecule has 7 nitrogen and oxygen atoms in total. The number of methoxy groups -OCH3 is 1. The minimum Gasteiger partial charge on any atom is -0.497 e. The Labute approximate surface area is 202 Å². The average Bonchev–Trinajstić information content (AvgIpc) is 3.05. The molecule has 34 heavy (non-hydrogen) atoms. The molecule has 4 rings (SSSR count). The van der Waals surface area contributed by atoms with Gasteiger partial charge in [-0.25, -0.2) is 4.90 Å². The molecular formula is C26H22ClN3O4. The number of carbonyl (C=O) groups excluding carboxylic acids is 3. The lowest BCUT2D eigenvalue weighted by atomic mass is 10.1. The molecule has 1 heterocycles. The molecule has 3 aromatic rings. The van der Waals surface area contributed by atoms with Gasteiger partial charge in [-0.05, 0) is 67.9 Å². The summed E-state index contributed by atoms with van der Waals surface area (Å²) in [5, 5.41) is 5.58. The Morgan fingerprint density at radius 3 is 2.24 bits per heavy atom. The average molecular weight is 476 g/mol. The fraction of sp³-hybridized carbons (Fsp3) is 0.115. The van der Waals surface area contributed by atoms with Crippen LogP contribution in [0.4, 0.5) is 17.1 Å². The smallest absolute Gasteiger partial charge is 0.283 e. The summed E-state index contributed by atoms with van der Waals surface area (Å²) < 4.78 is 5.12. The molecule has 0 bridgehead atoms. The number of ether oxygens (including phenoxy) is 1. The van der Waals surface area contributed by atoms with Crippen molar-refractivity contribution in [2.75, 3.05) is 22.6 Å². The fourth-order valence-electron chi connectivity index (χ4n) is 3.45. The molecule has 8 heteroatoms. The molecule has 0 atom stereocenters.